The lowest BCUT2D eigenvalue weighted by Gasteiger charge is -2.49. The van der Waals surface area contributed by atoms with Gasteiger partial charge < -0.3 is 4.74 Å². The fraction of sp³-hybridized carbons (Fsp3) is 0.448. The van der Waals surface area contributed by atoms with Crippen molar-refractivity contribution in [2.75, 3.05) is 0 Å². The van der Waals surface area contributed by atoms with E-state index in [2.05, 4.69) is 81.1 Å². The normalized spacial score (nSPS) is 33.5. The maximum absolute atomic E-state index is 6.12. The van der Waals surface area contributed by atoms with Crippen LogP contribution in [0, 0.1) is 23.2 Å². The zero-order valence-corrected chi connectivity index (χ0v) is 18.4. The highest BCUT2D eigenvalue weighted by molar-refractivity contribution is 5.42. The summed E-state index contributed by atoms with van der Waals surface area (Å²) >= 11 is 0. The second-order valence-electron chi connectivity index (χ2n) is 9.83. The molecule has 2 aromatic rings. The number of allylic oxidation sites excluding steroid dienone is 3. The smallest absolute Gasteiger partial charge is 0.120 e. The Bertz CT molecular complexity index is 956. The van der Waals surface area contributed by atoms with Crippen LogP contribution in [0.25, 0.3) is 0 Å². The average Bonchev–Trinajstić information content (AvgIpc) is 3.09. The Labute approximate surface area is 181 Å². The number of ether oxygens (including phenoxy) is 1. The average molecular weight is 399 g/mol. The first-order valence-corrected chi connectivity index (χ1v) is 11.7. The van der Waals surface area contributed by atoms with Crippen LogP contribution in [0.15, 0.2) is 72.8 Å². The summed E-state index contributed by atoms with van der Waals surface area (Å²) in [5, 5.41) is 0. The van der Waals surface area contributed by atoms with Crippen molar-refractivity contribution in [3.05, 3.63) is 89.5 Å². The van der Waals surface area contributed by atoms with E-state index in [-0.39, 0.29) is 0 Å². The van der Waals surface area contributed by atoms with Crippen LogP contribution in [0.2, 0.25) is 0 Å². The van der Waals surface area contributed by atoms with E-state index < -0.39 is 0 Å². The molecule has 0 bridgehead atoms. The second kappa shape index (κ2) is 7.76. The van der Waals surface area contributed by atoms with E-state index in [0.29, 0.717) is 17.9 Å². The third kappa shape index (κ3) is 3.14. The zero-order valence-electron chi connectivity index (χ0n) is 18.4. The second-order valence-corrected chi connectivity index (χ2v) is 9.83. The molecule has 0 amide bonds. The molecule has 0 spiro atoms. The van der Waals surface area contributed by atoms with Crippen molar-refractivity contribution in [3.63, 3.8) is 0 Å². The maximum Gasteiger partial charge on any atom is 0.120 e. The van der Waals surface area contributed by atoms with Crippen LogP contribution in [0.4, 0.5) is 0 Å². The highest BCUT2D eigenvalue weighted by atomic mass is 16.5. The minimum absolute atomic E-state index is 0.380. The fourth-order valence-electron chi connectivity index (χ4n) is 7.09. The van der Waals surface area contributed by atoms with Gasteiger partial charge in [-0.2, -0.15) is 0 Å². The number of aryl methyl sites for hydroxylation is 1. The summed E-state index contributed by atoms with van der Waals surface area (Å²) in [6.07, 6.45) is 11.1. The van der Waals surface area contributed by atoms with Crippen molar-refractivity contribution in [3.8, 4) is 5.75 Å². The number of fused-ring (bicyclic) bond motifs is 5. The first-order chi connectivity index (χ1) is 14.6. The molecule has 5 rings (SSSR count). The monoisotopic (exact) mass is 398 g/mol. The fourth-order valence-corrected chi connectivity index (χ4v) is 7.09. The Hall–Kier alpha value is -2.28. The third-order valence-electron chi connectivity index (χ3n) is 8.50. The molecule has 30 heavy (non-hydrogen) atoms. The molecule has 0 heterocycles. The van der Waals surface area contributed by atoms with Gasteiger partial charge in [-0.25, -0.2) is 0 Å². The van der Waals surface area contributed by atoms with Crippen LogP contribution in [0.1, 0.15) is 62.1 Å². The minimum atomic E-state index is 0.380. The van der Waals surface area contributed by atoms with Gasteiger partial charge in [0.25, 0.3) is 0 Å². The van der Waals surface area contributed by atoms with Crippen LogP contribution in [-0.4, -0.2) is 0 Å². The molecule has 2 saturated carbocycles. The number of hydrogen-bond donors (Lipinski definition) is 0. The van der Waals surface area contributed by atoms with Crippen LogP contribution >= 0.6 is 0 Å². The van der Waals surface area contributed by atoms with E-state index in [1.165, 1.54) is 43.2 Å². The zero-order chi connectivity index (χ0) is 20.7. The van der Waals surface area contributed by atoms with Gasteiger partial charge in [-0.15, -0.1) is 6.58 Å². The first kappa shape index (κ1) is 19.7. The van der Waals surface area contributed by atoms with Gasteiger partial charge >= 0.3 is 0 Å². The summed E-state index contributed by atoms with van der Waals surface area (Å²) in [5.74, 6) is 3.93. The molecule has 1 heteroatoms. The Kier molecular flexibility index (Phi) is 5.09. The molecule has 0 radical (unpaired) electrons. The van der Waals surface area contributed by atoms with Crippen molar-refractivity contribution in [2.24, 2.45) is 23.2 Å². The van der Waals surface area contributed by atoms with Gasteiger partial charge in [-0.1, -0.05) is 61.0 Å². The molecule has 2 aromatic carbocycles. The van der Waals surface area contributed by atoms with Crippen LogP contribution in [0.3, 0.4) is 0 Å². The Morgan fingerprint density at radius 1 is 1.13 bits per heavy atom. The SMILES string of the molecule is C=CC1CC2C3CCc4cc(OCc5ccccc5)ccc4C3CC[C@]2(C)/C1=C/C. The summed E-state index contributed by atoms with van der Waals surface area (Å²) in [6, 6.07) is 17.3. The molecule has 0 N–H and O–H groups in total. The Morgan fingerprint density at radius 2 is 1.97 bits per heavy atom. The summed E-state index contributed by atoms with van der Waals surface area (Å²) in [7, 11) is 0. The van der Waals surface area contributed by atoms with E-state index in [0.717, 1.165) is 23.5 Å². The molecule has 4 unspecified atom stereocenters. The summed E-state index contributed by atoms with van der Waals surface area (Å²) in [6.45, 7) is 9.58. The molecule has 3 aliphatic rings. The maximum atomic E-state index is 6.12. The molecule has 156 valence electrons. The van der Waals surface area contributed by atoms with E-state index in [1.54, 1.807) is 11.1 Å². The Morgan fingerprint density at radius 3 is 2.73 bits per heavy atom. The molecule has 2 fully saturated rings. The quantitative estimate of drug-likeness (QED) is 0.485. The summed E-state index contributed by atoms with van der Waals surface area (Å²) in [5.41, 5.74) is 6.39. The van der Waals surface area contributed by atoms with E-state index in [9.17, 15) is 0 Å². The van der Waals surface area contributed by atoms with E-state index in [1.807, 2.05) is 0 Å². The molecular formula is C29H34O. The summed E-state index contributed by atoms with van der Waals surface area (Å²) in [4.78, 5) is 0. The lowest BCUT2D eigenvalue weighted by Crippen LogP contribution is -2.40. The van der Waals surface area contributed by atoms with Crippen molar-refractivity contribution in [1.82, 2.24) is 0 Å². The van der Waals surface area contributed by atoms with Gasteiger partial charge in [0.05, 0.1) is 0 Å². The van der Waals surface area contributed by atoms with Crippen molar-refractivity contribution >= 4 is 0 Å². The molecule has 3 aliphatic carbocycles. The number of rotatable bonds is 4. The molecule has 5 atom stereocenters. The molecular weight excluding hydrogens is 364 g/mol. The van der Waals surface area contributed by atoms with Gasteiger partial charge in [0.2, 0.25) is 0 Å². The minimum Gasteiger partial charge on any atom is -0.489 e. The lowest BCUT2D eigenvalue weighted by atomic mass is 9.55. The predicted octanol–water partition coefficient (Wildman–Crippen LogP) is 7.48. The first-order valence-electron chi connectivity index (χ1n) is 11.7. The topological polar surface area (TPSA) is 9.23 Å². The van der Waals surface area contributed by atoms with Gasteiger partial charge in [-0.05, 0) is 96.9 Å². The lowest BCUT2D eigenvalue weighted by molar-refractivity contribution is 0.0808. The van der Waals surface area contributed by atoms with Crippen molar-refractivity contribution in [1.29, 1.82) is 0 Å². The third-order valence-corrected chi connectivity index (χ3v) is 8.50. The molecule has 0 aromatic heterocycles. The Balaban J connectivity index is 1.36. The van der Waals surface area contributed by atoms with E-state index >= 15 is 0 Å². The van der Waals surface area contributed by atoms with Gasteiger partial charge in [0.1, 0.15) is 12.4 Å². The van der Waals surface area contributed by atoms with Crippen LogP contribution in [0.5, 0.6) is 5.75 Å². The number of benzene rings is 2. The molecule has 0 saturated heterocycles. The van der Waals surface area contributed by atoms with Crippen molar-refractivity contribution in [2.45, 2.75) is 58.5 Å². The van der Waals surface area contributed by atoms with Gasteiger partial charge in [0.15, 0.2) is 0 Å². The van der Waals surface area contributed by atoms with Gasteiger partial charge in [0, 0.05) is 0 Å². The van der Waals surface area contributed by atoms with Gasteiger partial charge in [-0.3, -0.25) is 0 Å². The van der Waals surface area contributed by atoms with Crippen LogP contribution < -0.4 is 4.74 Å². The molecule has 0 aliphatic heterocycles. The van der Waals surface area contributed by atoms with Crippen LogP contribution in [-0.2, 0) is 13.0 Å². The standard InChI is InChI=1S/C29H34O/c1-4-21-18-28-26-13-11-22-17-23(30-19-20-9-7-6-8-10-20)12-14-24(22)25(26)15-16-29(28,3)27(21)5-2/h4-10,12,14,17,21,25-26,28H,1,11,13,15-16,18-19H2,2-3H3/b27-5+/t21?,25?,26?,28?,29-/m1/s1. The number of hydrogen-bond acceptors (Lipinski definition) is 1. The highest BCUT2D eigenvalue weighted by Gasteiger charge is 2.54. The van der Waals surface area contributed by atoms with E-state index in [4.69, 9.17) is 4.74 Å². The predicted molar refractivity (Wildman–Crippen MR) is 125 cm³/mol. The largest absolute Gasteiger partial charge is 0.489 e. The summed E-state index contributed by atoms with van der Waals surface area (Å²) < 4.78 is 6.12. The van der Waals surface area contributed by atoms with Crippen molar-refractivity contribution < 1.29 is 4.74 Å². The highest BCUT2D eigenvalue weighted by Crippen LogP contribution is 2.64. The molecule has 1 nitrogen and oxygen atoms in total.